The SMILES string of the molecule is O=C(NCC1=CCCO1)c1ccco1. The molecule has 1 aliphatic heterocycles. The molecule has 4 nitrogen and oxygen atoms in total. The monoisotopic (exact) mass is 193 g/mol. The van der Waals surface area contributed by atoms with Gasteiger partial charge in [-0.25, -0.2) is 0 Å². The Bertz CT molecular complexity index is 340. The van der Waals surface area contributed by atoms with E-state index in [1.807, 2.05) is 6.08 Å². The zero-order valence-corrected chi connectivity index (χ0v) is 7.66. The first-order valence-corrected chi connectivity index (χ1v) is 4.50. The van der Waals surface area contributed by atoms with E-state index >= 15 is 0 Å². The third-order valence-electron chi connectivity index (χ3n) is 1.95. The summed E-state index contributed by atoms with van der Waals surface area (Å²) in [5, 5.41) is 2.70. The standard InChI is InChI=1S/C10H11NO3/c12-10(9-4-2-6-14-9)11-7-8-3-1-5-13-8/h2-4,6H,1,5,7H2,(H,11,12). The predicted molar refractivity (Wildman–Crippen MR) is 49.7 cm³/mol. The topological polar surface area (TPSA) is 51.5 Å². The van der Waals surface area contributed by atoms with E-state index in [1.165, 1.54) is 6.26 Å². The average molecular weight is 193 g/mol. The Morgan fingerprint density at radius 1 is 1.57 bits per heavy atom. The van der Waals surface area contributed by atoms with Crippen molar-refractivity contribution in [3.63, 3.8) is 0 Å². The fourth-order valence-corrected chi connectivity index (χ4v) is 1.25. The summed E-state index contributed by atoms with van der Waals surface area (Å²) < 4.78 is 10.2. The van der Waals surface area contributed by atoms with E-state index < -0.39 is 0 Å². The summed E-state index contributed by atoms with van der Waals surface area (Å²) in [4.78, 5) is 11.4. The van der Waals surface area contributed by atoms with E-state index in [9.17, 15) is 4.79 Å². The van der Waals surface area contributed by atoms with Gasteiger partial charge in [0.1, 0.15) is 5.76 Å². The maximum absolute atomic E-state index is 11.4. The second-order valence-electron chi connectivity index (χ2n) is 2.97. The zero-order chi connectivity index (χ0) is 9.80. The Morgan fingerprint density at radius 3 is 3.14 bits per heavy atom. The lowest BCUT2D eigenvalue weighted by atomic mass is 10.4. The molecule has 1 aliphatic rings. The van der Waals surface area contributed by atoms with Gasteiger partial charge >= 0.3 is 0 Å². The lowest BCUT2D eigenvalue weighted by Gasteiger charge is -2.04. The van der Waals surface area contributed by atoms with Crippen LogP contribution in [-0.4, -0.2) is 19.1 Å². The molecule has 1 aromatic rings. The van der Waals surface area contributed by atoms with E-state index in [1.54, 1.807) is 12.1 Å². The van der Waals surface area contributed by atoms with Crippen molar-refractivity contribution in [1.29, 1.82) is 0 Å². The van der Waals surface area contributed by atoms with Gasteiger partial charge in [-0.15, -0.1) is 0 Å². The molecule has 0 radical (unpaired) electrons. The van der Waals surface area contributed by atoms with E-state index in [0.717, 1.165) is 12.2 Å². The Labute approximate surface area is 81.5 Å². The minimum atomic E-state index is -0.216. The molecule has 0 bridgehead atoms. The number of ether oxygens (including phenoxy) is 1. The van der Waals surface area contributed by atoms with Gasteiger partial charge in [0.2, 0.25) is 0 Å². The van der Waals surface area contributed by atoms with Crippen LogP contribution in [-0.2, 0) is 4.74 Å². The molecular formula is C10H11NO3. The summed E-state index contributed by atoms with van der Waals surface area (Å²) in [5.74, 6) is 0.930. The fraction of sp³-hybridized carbons (Fsp3) is 0.300. The molecule has 4 heteroatoms. The van der Waals surface area contributed by atoms with E-state index in [0.29, 0.717) is 18.9 Å². The van der Waals surface area contributed by atoms with Crippen LogP contribution in [0.15, 0.2) is 34.6 Å². The van der Waals surface area contributed by atoms with Crippen LogP contribution < -0.4 is 5.32 Å². The first-order chi connectivity index (χ1) is 6.86. The number of nitrogens with one attached hydrogen (secondary N) is 1. The third kappa shape index (κ3) is 1.96. The van der Waals surface area contributed by atoms with Crippen LogP contribution in [0.2, 0.25) is 0 Å². The van der Waals surface area contributed by atoms with Gasteiger partial charge in [0.15, 0.2) is 5.76 Å². The van der Waals surface area contributed by atoms with Crippen molar-refractivity contribution in [2.45, 2.75) is 6.42 Å². The van der Waals surface area contributed by atoms with Crippen molar-refractivity contribution < 1.29 is 13.9 Å². The predicted octanol–water partition coefficient (Wildman–Crippen LogP) is 1.31. The lowest BCUT2D eigenvalue weighted by molar-refractivity contribution is 0.0921. The summed E-state index contributed by atoms with van der Waals surface area (Å²) in [6, 6.07) is 3.31. The Kier molecular flexibility index (Phi) is 2.53. The number of furan rings is 1. The van der Waals surface area contributed by atoms with E-state index in [2.05, 4.69) is 5.32 Å². The number of carbonyl (C=O) groups is 1. The van der Waals surface area contributed by atoms with Crippen LogP contribution in [0.3, 0.4) is 0 Å². The van der Waals surface area contributed by atoms with Crippen molar-refractivity contribution in [1.82, 2.24) is 5.32 Å². The lowest BCUT2D eigenvalue weighted by Crippen LogP contribution is -2.25. The normalized spacial score (nSPS) is 14.7. The first kappa shape index (κ1) is 8.87. The maximum Gasteiger partial charge on any atom is 0.287 e. The number of amides is 1. The van der Waals surface area contributed by atoms with Crippen molar-refractivity contribution in [3.8, 4) is 0 Å². The molecule has 2 heterocycles. The van der Waals surface area contributed by atoms with Gasteiger partial charge < -0.3 is 14.5 Å². The minimum absolute atomic E-state index is 0.216. The minimum Gasteiger partial charge on any atom is -0.496 e. The van der Waals surface area contributed by atoms with Gasteiger partial charge in [-0.1, -0.05) is 0 Å². The molecule has 0 fully saturated rings. The molecule has 0 unspecified atom stereocenters. The van der Waals surface area contributed by atoms with Crippen LogP contribution in [0, 0.1) is 0 Å². The van der Waals surface area contributed by atoms with E-state index in [-0.39, 0.29) is 5.91 Å². The molecule has 2 rings (SSSR count). The first-order valence-electron chi connectivity index (χ1n) is 4.50. The van der Waals surface area contributed by atoms with Crippen molar-refractivity contribution in [2.75, 3.05) is 13.2 Å². The van der Waals surface area contributed by atoms with Gasteiger partial charge in [-0.3, -0.25) is 4.79 Å². The fourth-order valence-electron chi connectivity index (χ4n) is 1.25. The quantitative estimate of drug-likeness (QED) is 0.787. The maximum atomic E-state index is 11.4. The number of carbonyl (C=O) groups excluding carboxylic acids is 1. The van der Waals surface area contributed by atoms with Crippen LogP contribution in [0.4, 0.5) is 0 Å². The molecule has 1 amide bonds. The smallest absolute Gasteiger partial charge is 0.287 e. The second kappa shape index (κ2) is 4.00. The Morgan fingerprint density at radius 2 is 2.50 bits per heavy atom. The summed E-state index contributed by atoms with van der Waals surface area (Å²) >= 11 is 0. The van der Waals surface area contributed by atoms with Crippen LogP contribution in [0.1, 0.15) is 17.0 Å². The number of rotatable bonds is 3. The van der Waals surface area contributed by atoms with Gasteiger partial charge in [0.25, 0.3) is 5.91 Å². The second-order valence-corrected chi connectivity index (χ2v) is 2.97. The van der Waals surface area contributed by atoms with Crippen molar-refractivity contribution >= 4 is 5.91 Å². The van der Waals surface area contributed by atoms with Gasteiger partial charge in [0.05, 0.1) is 19.4 Å². The average Bonchev–Trinajstić information content (AvgIpc) is 2.87. The summed E-state index contributed by atoms with van der Waals surface area (Å²) in [7, 11) is 0. The summed E-state index contributed by atoms with van der Waals surface area (Å²) in [5.41, 5.74) is 0. The molecule has 0 aromatic carbocycles. The molecule has 1 N–H and O–H groups in total. The number of hydrogen-bond donors (Lipinski definition) is 1. The molecule has 0 saturated carbocycles. The highest BCUT2D eigenvalue weighted by Gasteiger charge is 2.10. The largest absolute Gasteiger partial charge is 0.496 e. The van der Waals surface area contributed by atoms with Crippen LogP contribution in [0.25, 0.3) is 0 Å². The van der Waals surface area contributed by atoms with Crippen molar-refractivity contribution in [3.05, 3.63) is 36.0 Å². The van der Waals surface area contributed by atoms with Gasteiger partial charge in [-0.2, -0.15) is 0 Å². The van der Waals surface area contributed by atoms with Crippen LogP contribution in [0.5, 0.6) is 0 Å². The number of hydrogen-bond acceptors (Lipinski definition) is 3. The highest BCUT2D eigenvalue weighted by Crippen LogP contribution is 2.07. The molecular weight excluding hydrogens is 182 g/mol. The van der Waals surface area contributed by atoms with Gasteiger partial charge in [0, 0.05) is 6.42 Å². The molecule has 0 saturated heterocycles. The van der Waals surface area contributed by atoms with Crippen LogP contribution >= 0.6 is 0 Å². The Balaban J connectivity index is 1.83. The molecule has 1 aromatic heterocycles. The summed E-state index contributed by atoms with van der Waals surface area (Å²) in [6.45, 7) is 1.14. The summed E-state index contributed by atoms with van der Waals surface area (Å²) in [6.07, 6.45) is 4.37. The molecule has 74 valence electrons. The van der Waals surface area contributed by atoms with E-state index in [4.69, 9.17) is 9.15 Å². The van der Waals surface area contributed by atoms with Crippen molar-refractivity contribution in [2.24, 2.45) is 0 Å². The molecule has 0 aliphatic carbocycles. The highest BCUT2D eigenvalue weighted by molar-refractivity contribution is 5.91. The Hall–Kier alpha value is -1.71. The highest BCUT2D eigenvalue weighted by atomic mass is 16.5. The molecule has 0 spiro atoms. The van der Waals surface area contributed by atoms with Gasteiger partial charge in [-0.05, 0) is 18.2 Å². The molecule has 14 heavy (non-hydrogen) atoms. The zero-order valence-electron chi connectivity index (χ0n) is 7.66. The molecule has 0 atom stereocenters. The third-order valence-corrected chi connectivity index (χ3v) is 1.95.